The van der Waals surface area contributed by atoms with Crippen molar-refractivity contribution >= 4 is 17.5 Å². The van der Waals surface area contributed by atoms with E-state index in [2.05, 4.69) is 10.4 Å². The van der Waals surface area contributed by atoms with Crippen LogP contribution in [0.2, 0.25) is 5.02 Å². The lowest BCUT2D eigenvalue weighted by Gasteiger charge is -2.09. The predicted molar refractivity (Wildman–Crippen MR) is 83.8 cm³/mol. The van der Waals surface area contributed by atoms with Crippen LogP contribution < -0.4 is 10.9 Å². The Bertz CT molecular complexity index is 770. The van der Waals surface area contributed by atoms with Gasteiger partial charge in [-0.3, -0.25) is 9.59 Å². The second kappa shape index (κ2) is 6.32. The molecule has 0 unspecified atom stereocenters. The largest absolute Gasteiger partial charge is 0.350 e. The van der Waals surface area contributed by atoms with Gasteiger partial charge in [-0.25, -0.2) is 4.68 Å². The molecule has 1 N–H and O–H groups in total. The Kier molecular flexibility index (Phi) is 4.24. The zero-order valence-electron chi connectivity index (χ0n) is 12.0. The maximum absolute atomic E-state index is 12.0. The number of benzene rings is 1. The van der Waals surface area contributed by atoms with E-state index < -0.39 is 0 Å². The first-order valence-corrected chi connectivity index (χ1v) is 7.61. The number of carbonyl (C=O) groups excluding carboxylic acids is 1. The topological polar surface area (TPSA) is 64.0 Å². The molecule has 0 bridgehead atoms. The maximum atomic E-state index is 12.0. The van der Waals surface area contributed by atoms with Crippen LogP contribution >= 0.6 is 11.6 Å². The Morgan fingerprint density at radius 2 is 2.14 bits per heavy atom. The Balaban J connectivity index is 1.65. The number of nitrogens with one attached hydrogen (secondary N) is 1. The van der Waals surface area contributed by atoms with Gasteiger partial charge < -0.3 is 5.32 Å². The average molecular weight is 318 g/mol. The van der Waals surface area contributed by atoms with Crippen LogP contribution in [0.5, 0.6) is 0 Å². The lowest BCUT2D eigenvalue weighted by Crippen LogP contribution is -2.33. The minimum absolute atomic E-state index is 0.0729. The second-order valence-corrected chi connectivity index (χ2v) is 5.74. The van der Waals surface area contributed by atoms with E-state index in [-0.39, 0.29) is 18.0 Å². The highest BCUT2D eigenvalue weighted by Gasteiger charge is 2.15. The molecule has 1 aliphatic carbocycles. The first kappa shape index (κ1) is 14.8. The van der Waals surface area contributed by atoms with Gasteiger partial charge in [0.1, 0.15) is 6.54 Å². The number of amides is 1. The summed E-state index contributed by atoms with van der Waals surface area (Å²) in [6.45, 7) is 0.259. The van der Waals surface area contributed by atoms with E-state index in [0.717, 1.165) is 36.1 Å². The SMILES string of the molecule is O=C(Cn1nc2c(cc1=O)CCC2)NCc1ccccc1Cl. The molecule has 0 radical (unpaired) electrons. The number of hydrogen-bond acceptors (Lipinski definition) is 3. The third-order valence-corrected chi connectivity index (χ3v) is 4.12. The molecular formula is C16H16ClN3O2. The van der Waals surface area contributed by atoms with Crippen LogP contribution in [0.15, 0.2) is 35.1 Å². The zero-order valence-corrected chi connectivity index (χ0v) is 12.8. The second-order valence-electron chi connectivity index (χ2n) is 5.33. The van der Waals surface area contributed by atoms with Crippen LogP contribution in [0.1, 0.15) is 23.2 Å². The molecule has 0 atom stereocenters. The first-order chi connectivity index (χ1) is 10.6. The molecule has 6 heteroatoms. The summed E-state index contributed by atoms with van der Waals surface area (Å²) in [4.78, 5) is 23.9. The predicted octanol–water partition coefficient (Wildman–Crippen LogP) is 1.70. The first-order valence-electron chi connectivity index (χ1n) is 7.23. The molecule has 1 heterocycles. The molecule has 1 aromatic carbocycles. The fourth-order valence-corrected chi connectivity index (χ4v) is 2.78. The van der Waals surface area contributed by atoms with E-state index in [9.17, 15) is 9.59 Å². The standard InChI is InChI=1S/C16H16ClN3O2/c17-13-6-2-1-4-12(13)9-18-15(21)10-20-16(22)8-11-5-3-7-14(11)19-20/h1-2,4,6,8H,3,5,7,9-10H2,(H,18,21). The Morgan fingerprint density at radius 3 is 2.95 bits per heavy atom. The molecule has 0 aliphatic heterocycles. The molecule has 1 aromatic heterocycles. The summed E-state index contributed by atoms with van der Waals surface area (Å²) >= 11 is 6.04. The Morgan fingerprint density at radius 1 is 1.32 bits per heavy atom. The van der Waals surface area contributed by atoms with Crippen LogP contribution in [-0.2, 0) is 30.7 Å². The lowest BCUT2D eigenvalue weighted by atomic mass is 10.2. The number of hydrogen-bond donors (Lipinski definition) is 1. The summed E-state index contributed by atoms with van der Waals surface area (Å²) in [5.74, 6) is -0.257. The number of halogens is 1. The lowest BCUT2D eigenvalue weighted by molar-refractivity contribution is -0.122. The molecule has 22 heavy (non-hydrogen) atoms. The molecule has 0 saturated heterocycles. The summed E-state index contributed by atoms with van der Waals surface area (Å²) < 4.78 is 1.23. The smallest absolute Gasteiger partial charge is 0.267 e. The number of aromatic nitrogens is 2. The van der Waals surface area contributed by atoms with Gasteiger partial charge in [0.15, 0.2) is 0 Å². The monoisotopic (exact) mass is 317 g/mol. The number of aryl methyl sites for hydroxylation is 2. The normalized spacial score (nSPS) is 13.0. The van der Waals surface area contributed by atoms with Gasteiger partial charge in [0.25, 0.3) is 5.56 Å². The van der Waals surface area contributed by atoms with Crippen LogP contribution in [0.25, 0.3) is 0 Å². The van der Waals surface area contributed by atoms with Crippen molar-refractivity contribution in [1.29, 1.82) is 0 Å². The highest BCUT2D eigenvalue weighted by atomic mass is 35.5. The van der Waals surface area contributed by atoms with Crippen LogP contribution in [0.4, 0.5) is 0 Å². The van der Waals surface area contributed by atoms with Gasteiger partial charge >= 0.3 is 0 Å². The van der Waals surface area contributed by atoms with E-state index in [1.807, 2.05) is 18.2 Å². The summed E-state index contributed by atoms with van der Waals surface area (Å²) in [5, 5.41) is 7.65. The maximum Gasteiger partial charge on any atom is 0.267 e. The quantitative estimate of drug-likeness (QED) is 0.933. The highest BCUT2D eigenvalue weighted by Crippen LogP contribution is 2.17. The molecule has 0 fully saturated rings. The fourth-order valence-electron chi connectivity index (χ4n) is 2.58. The number of fused-ring (bicyclic) bond motifs is 1. The fraction of sp³-hybridized carbons (Fsp3) is 0.312. The summed E-state index contributed by atoms with van der Waals surface area (Å²) in [7, 11) is 0. The van der Waals surface area contributed by atoms with E-state index in [1.165, 1.54) is 4.68 Å². The van der Waals surface area contributed by atoms with E-state index >= 15 is 0 Å². The van der Waals surface area contributed by atoms with E-state index in [4.69, 9.17) is 11.6 Å². The van der Waals surface area contributed by atoms with Crippen LogP contribution in [0, 0.1) is 0 Å². The molecule has 2 aromatic rings. The molecular weight excluding hydrogens is 302 g/mol. The molecule has 1 amide bonds. The van der Waals surface area contributed by atoms with Gasteiger partial charge in [-0.1, -0.05) is 29.8 Å². The summed E-state index contributed by atoms with van der Waals surface area (Å²) in [5.41, 5.74) is 2.55. The highest BCUT2D eigenvalue weighted by molar-refractivity contribution is 6.31. The Labute approximate surface area is 132 Å². The van der Waals surface area contributed by atoms with Crippen molar-refractivity contribution in [3.63, 3.8) is 0 Å². The van der Waals surface area contributed by atoms with Crippen LogP contribution in [0.3, 0.4) is 0 Å². The van der Waals surface area contributed by atoms with Crippen molar-refractivity contribution < 1.29 is 4.79 Å². The number of rotatable bonds is 4. The summed E-state index contributed by atoms with van der Waals surface area (Å²) in [6, 6.07) is 8.91. The van der Waals surface area contributed by atoms with Gasteiger partial charge in [0.05, 0.1) is 5.69 Å². The van der Waals surface area contributed by atoms with Gasteiger partial charge in [-0.05, 0) is 36.5 Å². The minimum atomic E-state index is -0.257. The van der Waals surface area contributed by atoms with Crippen molar-refractivity contribution in [3.8, 4) is 0 Å². The molecule has 0 spiro atoms. The Hall–Kier alpha value is -2.14. The minimum Gasteiger partial charge on any atom is -0.350 e. The van der Waals surface area contributed by atoms with Crippen molar-refractivity contribution in [3.05, 3.63) is 62.5 Å². The van der Waals surface area contributed by atoms with E-state index in [1.54, 1.807) is 12.1 Å². The average Bonchev–Trinajstić information content (AvgIpc) is 2.94. The molecule has 3 rings (SSSR count). The molecule has 5 nitrogen and oxygen atoms in total. The van der Waals surface area contributed by atoms with E-state index in [0.29, 0.717) is 11.6 Å². The number of nitrogens with zero attached hydrogens (tertiary/aromatic N) is 2. The van der Waals surface area contributed by atoms with Gasteiger partial charge in [-0.2, -0.15) is 5.10 Å². The van der Waals surface area contributed by atoms with Gasteiger partial charge in [-0.15, -0.1) is 0 Å². The van der Waals surface area contributed by atoms with Gasteiger partial charge in [0.2, 0.25) is 5.91 Å². The van der Waals surface area contributed by atoms with Gasteiger partial charge in [0, 0.05) is 17.6 Å². The zero-order chi connectivity index (χ0) is 15.5. The third kappa shape index (κ3) is 3.20. The van der Waals surface area contributed by atoms with Crippen molar-refractivity contribution in [2.45, 2.75) is 32.4 Å². The molecule has 1 aliphatic rings. The summed E-state index contributed by atoms with van der Waals surface area (Å²) in [6.07, 6.45) is 2.79. The third-order valence-electron chi connectivity index (χ3n) is 3.75. The van der Waals surface area contributed by atoms with Crippen LogP contribution in [-0.4, -0.2) is 15.7 Å². The van der Waals surface area contributed by atoms with Crippen molar-refractivity contribution in [2.24, 2.45) is 0 Å². The van der Waals surface area contributed by atoms with Crippen molar-refractivity contribution in [2.75, 3.05) is 0 Å². The number of carbonyl (C=O) groups is 1. The molecule has 0 saturated carbocycles. The molecule has 114 valence electrons. The van der Waals surface area contributed by atoms with Crippen molar-refractivity contribution in [1.82, 2.24) is 15.1 Å².